The Hall–Kier alpha value is -4.61. The molecule has 8 heteroatoms. The monoisotopic (exact) mass is 520 g/mol. The lowest BCUT2D eigenvalue weighted by molar-refractivity contribution is 0.0486. The Bertz CT molecular complexity index is 1610. The van der Waals surface area contributed by atoms with Crippen LogP contribution in [0, 0.1) is 11.8 Å². The van der Waals surface area contributed by atoms with Crippen LogP contribution in [-0.4, -0.2) is 52.3 Å². The minimum atomic E-state index is -0.331. The molecule has 8 nitrogen and oxygen atoms in total. The maximum Gasteiger partial charge on any atom is 0.351 e. The number of ether oxygens (including phenoxy) is 3. The molecule has 1 atom stereocenters. The summed E-state index contributed by atoms with van der Waals surface area (Å²) in [5.74, 6) is 7.89. The van der Waals surface area contributed by atoms with E-state index < -0.39 is 0 Å². The molecule has 4 heterocycles. The molecule has 1 unspecified atom stereocenters. The van der Waals surface area contributed by atoms with E-state index in [0.29, 0.717) is 31.3 Å². The third-order valence-corrected chi connectivity index (χ3v) is 6.70. The first-order valence-corrected chi connectivity index (χ1v) is 13.0. The normalized spacial score (nSPS) is 15.1. The van der Waals surface area contributed by atoms with Gasteiger partial charge in [-0.25, -0.2) is 9.78 Å². The average molecular weight is 521 g/mol. The summed E-state index contributed by atoms with van der Waals surface area (Å²) in [4.78, 5) is 23.3. The van der Waals surface area contributed by atoms with Gasteiger partial charge in [-0.3, -0.25) is 9.47 Å². The Kier molecular flexibility index (Phi) is 6.98. The molecule has 0 spiro atoms. The number of fused-ring (bicyclic) bond motifs is 4. The van der Waals surface area contributed by atoms with E-state index in [2.05, 4.69) is 64.1 Å². The highest BCUT2D eigenvalue weighted by Gasteiger charge is 2.24. The maximum atomic E-state index is 12.8. The largest absolute Gasteiger partial charge is 0.478 e. The second-order valence-electron chi connectivity index (χ2n) is 9.66. The van der Waals surface area contributed by atoms with Crippen molar-refractivity contribution in [3.05, 3.63) is 100 Å². The molecule has 2 aliphatic heterocycles. The fourth-order valence-corrected chi connectivity index (χ4v) is 4.81. The van der Waals surface area contributed by atoms with Gasteiger partial charge in [0.1, 0.15) is 13.2 Å². The maximum absolute atomic E-state index is 12.8. The van der Waals surface area contributed by atoms with Gasteiger partial charge in [0.05, 0.1) is 12.2 Å². The third kappa shape index (κ3) is 5.64. The molecule has 0 N–H and O–H groups in total. The lowest BCUT2D eigenvalue weighted by atomic mass is 9.95. The Labute approximate surface area is 226 Å². The van der Waals surface area contributed by atoms with E-state index in [1.807, 2.05) is 24.3 Å². The Balaban J connectivity index is 1.13. The van der Waals surface area contributed by atoms with Crippen molar-refractivity contribution in [2.75, 3.05) is 26.8 Å². The van der Waals surface area contributed by atoms with Gasteiger partial charge in [-0.2, -0.15) is 4.98 Å². The highest BCUT2D eigenvalue weighted by atomic mass is 16.6. The molecule has 2 aromatic carbocycles. The molecule has 0 bridgehead atoms. The van der Waals surface area contributed by atoms with E-state index in [0.717, 1.165) is 35.3 Å². The van der Waals surface area contributed by atoms with Crippen LogP contribution in [0.25, 0.3) is 11.3 Å². The van der Waals surface area contributed by atoms with Crippen molar-refractivity contribution in [1.82, 2.24) is 19.4 Å². The number of nitrogens with zero attached hydrogens (tertiary/aromatic N) is 4. The van der Waals surface area contributed by atoms with E-state index in [-0.39, 0.29) is 24.3 Å². The summed E-state index contributed by atoms with van der Waals surface area (Å²) < 4.78 is 19.1. The van der Waals surface area contributed by atoms with Crippen molar-refractivity contribution in [3.8, 4) is 40.6 Å². The van der Waals surface area contributed by atoms with Gasteiger partial charge in [0.2, 0.25) is 5.88 Å². The quantitative estimate of drug-likeness (QED) is 0.360. The fourth-order valence-electron chi connectivity index (χ4n) is 4.81. The zero-order chi connectivity index (χ0) is 26.6. The number of aromatic nitrogens is 3. The van der Waals surface area contributed by atoms with E-state index in [4.69, 9.17) is 14.2 Å². The minimum Gasteiger partial charge on any atom is -0.478 e. The van der Waals surface area contributed by atoms with Gasteiger partial charge in [-0.15, -0.1) is 0 Å². The number of rotatable bonds is 6. The van der Waals surface area contributed by atoms with Gasteiger partial charge in [0.25, 0.3) is 5.88 Å². The summed E-state index contributed by atoms with van der Waals surface area (Å²) in [6, 6.07) is 21.9. The molecule has 0 aliphatic carbocycles. The van der Waals surface area contributed by atoms with E-state index in [1.165, 1.54) is 5.56 Å². The summed E-state index contributed by atoms with van der Waals surface area (Å²) in [5.41, 5.74) is 4.85. The molecule has 0 radical (unpaired) electrons. The second-order valence-corrected chi connectivity index (χ2v) is 9.66. The first-order chi connectivity index (χ1) is 19.1. The summed E-state index contributed by atoms with van der Waals surface area (Å²) in [6.07, 6.45) is 2.07. The summed E-state index contributed by atoms with van der Waals surface area (Å²) >= 11 is 0. The molecule has 196 valence electrons. The van der Waals surface area contributed by atoms with Crippen LogP contribution in [0.3, 0.4) is 0 Å². The van der Waals surface area contributed by atoms with Crippen LogP contribution >= 0.6 is 0 Å². The van der Waals surface area contributed by atoms with E-state index >= 15 is 0 Å². The average Bonchev–Trinajstić information content (AvgIpc) is 2.96. The topological polar surface area (TPSA) is 78.7 Å². The lowest BCUT2D eigenvalue weighted by Gasteiger charge is -2.25. The van der Waals surface area contributed by atoms with Crippen LogP contribution in [0.1, 0.15) is 16.7 Å². The summed E-state index contributed by atoms with van der Waals surface area (Å²) in [6.45, 7) is 2.60. The molecule has 6 rings (SSSR count). The Morgan fingerprint density at radius 3 is 2.92 bits per heavy atom. The smallest absolute Gasteiger partial charge is 0.351 e. The molecule has 0 saturated heterocycles. The molecule has 2 aliphatic rings. The molecule has 39 heavy (non-hydrogen) atoms. The molecule has 0 saturated carbocycles. The minimum absolute atomic E-state index is 0.199. The first kappa shape index (κ1) is 24.7. The van der Waals surface area contributed by atoms with Crippen molar-refractivity contribution in [3.63, 3.8) is 0 Å². The van der Waals surface area contributed by atoms with Gasteiger partial charge in [-0.05, 0) is 48.9 Å². The predicted octanol–water partition coefficient (Wildman–Crippen LogP) is 3.56. The number of aryl methyl sites for hydroxylation is 1. The van der Waals surface area contributed by atoms with Gasteiger partial charge in [-0.1, -0.05) is 48.2 Å². The molecular weight excluding hydrogens is 492 g/mol. The third-order valence-electron chi connectivity index (χ3n) is 6.70. The summed E-state index contributed by atoms with van der Waals surface area (Å²) in [5, 5.41) is 0. The standard InChI is InChI=1S/C31H28N4O4/c1-34(19-23-7-3-2-4-8-23)15-6-9-22-11-12-26-24(17-22)13-16-35-27(26)18-29(33-31(35)36)37-20-25-21-38-30-28(39-25)10-5-14-32-30/h2-5,7-8,10-12,14,17-18,25H,13,15-16,19-21H2,1H3. The molecular formula is C31H28N4O4. The van der Waals surface area contributed by atoms with Crippen molar-refractivity contribution in [2.45, 2.75) is 25.6 Å². The van der Waals surface area contributed by atoms with Crippen LogP contribution < -0.4 is 19.9 Å². The van der Waals surface area contributed by atoms with E-state index in [1.54, 1.807) is 22.9 Å². The number of benzene rings is 2. The molecule has 0 fully saturated rings. The summed E-state index contributed by atoms with van der Waals surface area (Å²) in [7, 11) is 2.07. The van der Waals surface area contributed by atoms with Crippen LogP contribution in [0.15, 0.2) is 77.7 Å². The highest BCUT2D eigenvalue weighted by molar-refractivity contribution is 5.68. The zero-order valence-electron chi connectivity index (χ0n) is 21.7. The number of hydrogen-bond donors (Lipinski definition) is 0. The Morgan fingerprint density at radius 2 is 2.03 bits per heavy atom. The van der Waals surface area contributed by atoms with Crippen molar-refractivity contribution in [2.24, 2.45) is 0 Å². The van der Waals surface area contributed by atoms with Gasteiger partial charge < -0.3 is 14.2 Å². The predicted molar refractivity (Wildman–Crippen MR) is 147 cm³/mol. The molecule has 4 aromatic rings. The van der Waals surface area contributed by atoms with Crippen LogP contribution in [0.5, 0.6) is 17.5 Å². The van der Waals surface area contributed by atoms with Gasteiger partial charge in [0, 0.05) is 36.5 Å². The second kappa shape index (κ2) is 11.0. The molecule has 0 amide bonds. The number of pyridine rings is 1. The SMILES string of the molecule is CN(CC#Cc1ccc2c(c1)CCn1c-2cc(OCC2COc3ncccc3O2)nc1=O)Cc1ccccc1. The van der Waals surface area contributed by atoms with Crippen LogP contribution in [-0.2, 0) is 19.5 Å². The molecule has 2 aromatic heterocycles. The lowest BCUT2D eigenvalue weighted by Crippen LogP contribution is -2.35. The van der Waals surface area contributed by atoms with Crippen molar-refractivity contribution < 1.29 is 14.2 Å². The van der Waals surface area contributed by atoms with Gasteiger partial charge >= 0.3 is 5.69 Å². The fraction of sp³-hybridized carbons (Fsp3) is 0.258. The highest BCUT2D eigenvalue weighted by Crippen LogP contribution is 2.31. The first-order valence-electron chi connectivity index (χ1n) is 13.0. The van der Waals surface area contributed by atoms with Crippen molar-refractivity contribution in [1.29, 1.82) is 0 Å². The van der Waals surface area contributed by atoms with Crippen molar-refractivity contribution >= 4 is 0 Å². The van der Waals surface area contributed by atoms with E-state index in [9.17, 15) is 4.79 Å². The van der Waals surface area contributed by atoms with Crippen LogP contribution in [0.2, 0.25) is 0 Å². The van der Waals surface area contributed by atoms with Crippen LogP contribution in [0.4, 0.5) is 0 Å². The zero-order valence-corrected chi connectivity index (χ0v) is 21.7. The number of hydrogen-bond acceptors (Lipinski definition) is 7. The van der Waals surface area contributed by atoms with Gasteiger partial charge in [0.15, 0.2) is 11.9 Å². The Morgan fingerprint density at radius 1 is 1.13 bits per heavy atom.